The smallest absolute Gasteiger partial charge is 0.119 e. The van der Waals surface area contributed by atoms with Gasteiger partial charge in [-0.2, -0.15) is 0 Å². The molecule has 1 rings (SSSR count). The number of unbranched alkanes of at least 4 members (excludes halogenated alkanes) is 3. The second-order valence-corrected chi connectivity index (χ2v) is 15.6. The Labute approximate surface area is 259 Å². The van der Waals surface area contributed by atoms with Crippen LogP contribution in [0.15, 0.2) is 0 Å². The van der Waals surface area contributed by atoms with E-state index in [1.165, 1.54) is 83.5 Å². The summed E-state index contributed by atoms with van der Waals surface area (Å²) in [5.74, 6) is 3.07. The van der Waals surface area contributed by atoms with Gasteiger partial charge in [-0.25, -0.2) is 0 Å². The Hall–Kier alpha value is -0.120. The molecular weight excluding hydrogens is 502 g/mol. The standard InChI is InChI=1S/C38H77NO2/c1-12-15-17-27-35(8,26-13-2)38(11,39)41-30-25-33(6)24-20-28-36(9)34(7)37(36,10)40-29-18-16-21-32(5)23-19-22-31(4)14-3/h31-34H,12-30,39H2,1-11H3/t31-,32?,33?,34?,35?,36?,37?,38?/m1/s1. The summed E-state index contributed by atoms with van der Waals surface area (Å²) in [6, 6.07) is 0. The topological polar surface area (TPSA) is 44.5 Å². The maximum atomic E-state index is 6.83. The Balaban J connectivity index is 2.31. The predicted octanol–water partition coefficient (Wildman–Crippen LogP) is 11.7. The molecule has 3 heteroatoms. The van der Waals surface area contributed by atoms with Crippen LogP contribution in [-0.2, 0) is 9.47 Å². The van der Waals surface area contributed by atoms with E-state index in [4.69, 9.17) is 15.2 Å². The molecular formula is C38H77NO2. The molecule has 1 aliphatic carbocycles. The molecule has 41 heavy (non-hydrogen) atoms. The van der Waals surface area contributed by atoms with E-state index in [9.17, 15) is 0 Å². The predicted molar refractivity (Wildman–Crippen MR) is 181 cm³/mol. The molecule has 0 aromatic rings. The monoisotopic (exact) mass is 580 g/mol. The molecule has 0 aliphatic heterocycles. The Morgan fingerprint density at radius 1 is 0.707 bits per heavy atom. The van der Waals surface area contributed by atoms with E-state index in [-0.39, 0.29) is 11.0 Å². The minimum atomic E-state index is -0.558. The van der Waals surface area contributed by atoms with Crippen LogP contribution in [0.5, 0.6) is 0 Å². The molecule has 0 spiro atoms. The first-order valence-electron chi connectivity index (χ1n) is 18.3. The van der Waals surface area contributed by atoms with Crippen molar-refractivity contribution in [3.05, 3.63) is 0 Å². The van der Waals surface area contributed by atoms with Gasteiger partial charge in [0.05, 0.1) is 5.60 Å². The van der Waals surface area contributed by atoms with Crippen LogP contribution in [0.1, 0.15) is 185 Å². The van der Waals surface area contributed by atoms with Crippen molar-refractivity contribution in [3.8, 4) is 0 Å². The van der Waals surface area contributed by atoms with Crippen LogP contribution < -0.4 is 5.73 Å². The highest BCUT2D eigenvalue weighted by atomic mass is 16.5. The molecule has 1 aliphatic rings. The lowest BCUT2D eigenvalue weighted by molar-refractivity contribution is -0.124. The van der Waals surface area contributed by atoms with E-state index >= 15 is 0 Å². The molecule has 8 atom stereocenters. The zero-order valence-electron chi connectivity index (χ0n) is 30.1. The summed E-state index contributed by atoms with van der Waals surface area (Å²) in [4.78, 5) is 0. The lowest BCUT2D eigenvalue weighted by atomic mass is 9.72. The number of hydrogen-bond donors (Lipinski definition) is 1. The largest absolute Gasteiger partial charge is 0.374 e. The maximum Gasteiger partial charge on any atom is 0.119 e. The van der Waals surface area contributed by atoms with Gasteiger partial charge < -0.3 is 15.2 Å². The summed E-state index contributed by atoms with van der Waals surface area (Å²) >= 11 is 0. The highest BCUT2D eigenvalue weighted by molar-refractivity contribution is 5.18. The zero-order chi connectivity index (χ0) is 31.2. The van der Waals surface area contributed by atoms with Crippen molar-refractivity contribution < 1.29 is 9.47 Å². The highest BCUT2D eigenvalue weighted by Crippen LogP contribution is 2.66. The van der Waals surface area contributed by atoms with E-state index in [2.05, 4.69) is 76.2 Å². The van der Waals surface area contributed by atoms with Gasteiger partial charge in [0.1, 0.15) is 5.72 Å². The van der Waals surface area contributed by atoms with Gasteiger partial charge in [-0.05, 0) is 69.6 Å². The SMILES string of the molecule is CCCCCC(C)(CCC)C(C)(N)OCCC(C)CCCC1(C)C(C)C1(C)OCCCCC(C)CCC[C@H](C)CC. The molecule has 2 N–H and O–H groups in total. The van der Waals surface area contributed by atoms with E-state index in [0.29, 0.717) is 17.3 Å². The van der Waals surface area contributed by atoms with Crippen molar-refractivity contribution >= 4 is 0 Å². The van der Waals surface area contributed by atoms with E-state index in [0.717, 1.165) is 50.7 Å². The Kier molecular flexibility index (Phi) is 17.7. The fraction of sp³-hybridized carbons (Fsp3) is 1.00. The average Bonchev–Trinajstić information content (AvgIpc) is 3.33. The van der Waals surface area contributed by atoms with Crippen molar-refractivity contribution in [2.24, 2.45) is 40.2 Å². The number of rotatable bonds is 26. The summed E-state index contributed by atoms with van der Waals surface area (Å²) < 4.78 is 13.0. The van der Waals surface area contributed by atoms with Crippen LogP contribution in [0.3, 0.4) is 0 Å². The van der Waals surface area contributed by atoms with Gasteiger partial charge in [0.15, 0.2) is 0 Å². The summed E-state index contributed by atoms with van der Waals surface area (Å²) in [6.45, 7) is 27.5. The van der Waals surface area contributed by atoms with Crippen LogP contribution in [0, 0.1) is 34.5 Å². The van der Waals surface area contributed by atoms with Gasteiger partial charge in [0, 0.05) is 24.0 Å². The first-order valence-corrected chi connectivity index (χ1v) is 18.3. The van der Waals surface area contributed by atoms with Crippen LogP contribution in [0.25, 0.3) is 0 Å². The van der Waals surface area contributed by atoms with Crippen molar-refractivity contribution in [2.75, 3.05) is 13.2 Å². The fourth-order valence-electron chi connectivity index (χ4n) is 7.45. The van der Waals surface area contributed by atoms with Crippen LogP contribution in [0.2, 0.25) is 0 Å². The number of hydrogen-bond acceptors (Lipinski definition) is 3. The lowest BCUT2D eigenvalue weighted by Gasteiger charge is -2.44. The molecule has 246 valence electrons. The van der Waals surface area contributed by atoms with Gasteiger partial charge in [0.2, 0.25) is 0 Å². The maximum absolute atomic E-state index is 6.83. The molecule has 1 saturated carbocycles. The Morgan fingerprint density at radius 3 is 1.95 bits per heavy atom. The molecule has 0 radical (unpaired) electrons. The second-order valence-electron chi connectivity index (χ2n) is 15.6. The third kappa shape index (κ3) is 12.1. The van der Waals surface area contributed by atoms with E-state index in [1.54, 1.807) is 0 Å². The Morgan fingerprint density at radius 2 is 1.32 bits per heavy atom. The fourth-order valence-corrected chi connectivity index (χ4v) is 7.45. The molecule has 7 unspecified atom stereocenters. The van der Waals surface area contributed by atoms with Crippen molar-refractivity contribution in [1.29, 1.82) is 0 Å². The average molecular weight is 580 g/mol. The van der Waals surface area contributed by atoms with E-state index < -0.39 is 5.72 Å². The minimum Gasteiger partial charge on any atom is -0.374 e. The first-order chi connectivity index (χ1) is 19.2. The van der Waals surface area contributed by atoms with Crippen molar-refractivity contribution in [3.63, 3.8) is 0 Å². The van der Waals surface area contributed by atoms with Gasteiger partial charge in [0.25, 0.3) is 0 Å². The van der Waals surface area contributed by atoms with Gasteiger partial charge in [-0.1, -0.05) is 139 Å². The van der Waals surface area contributed by atoms with Crippen molar-refractivity contribution in [2.45, 2.75) is 197 Å². The zero-order valence-corrected chi connectivity index (χ0v) is 30.1. The molecule has 0 heterocycles. The van der Waals surface area contributed by atoms with Gasteiger partial charge in [-0.15, -0.1) is 0 Å². The van der Waals surface area contributed by atoms with Crippen LogP contribution in [0.4, 0.5) is 0 Å². The molecule has 0 saturated heterocycles. The summed E-state index contributed by atoms with van der Waals surface area (Å²) in [7, 11) is 0. The molecule has 1 fully saturated rings. The van der Waals surface area contributed by atoms with Crippen molar-refractivity contribution in [1.82, 2.24) is 0 Å². The first kappa shape index (κ1) is 38.9. The normalized spacial score (nSPS) is 27.7. The number of nitrogens with two attached hydrogens (primary N) is 1. The third-order valence-electron chi connectivity index (χ3n) is 12.2. The lowest BCUT2D eigenvalue weighted by Crippen LogP contribution is -2.54. The number of ether oxygens (including phenoxy) is 2. The minimum absolute atomic E-state index is 0.0482. The van der Waals surface area contributed by atoms with Crippen LogP contribution in [-0.4, -0.2) is 24.5 Å². The highest BCUT2D eigenvalue weighted by Gasteiger charge is 2.68. The third-order valence-corrected chi connectivity index (χ3v) is 12.2. The van der Waals surface area contributed by atoms with Crippen LogP contribution >= 0.6 is 0 Å². The Bertz CT molecular complexity index is 679. The summed E-state index contributed by atoms with van der Waals surface area (Å²) in [5, 5.41) is 0. The summed E-state index contributed by atoms with van der Waals surface area (Å²) in [5.41, 5.74) is 6.70. The van der Waals surface area contributed by atoms with Gasteiger partial charge >= 0.3 is 0 Å². The second kappa shape index (κ2) is 18.6. The molecule has 0 aromatic carbocycles. The molecule has 0 bridgehead atoms. The quantitative estimate of drug-likeness (QED) is 0.0818. The molecule has 3 nitrogen and oxygen atoms in total. The van der Waals surface area contributed by atoms with E-state index in [1.807, 2.05) is 0 Å². The molecule has 0 aromatic heterocycles. The summed E-state index contributed by atoms with van der Waals surface area (Å²) in [6.07, 6.45) is 21.5. The van der Waals surface area contributed by atoms with Gasteiger partial charge in [-0.3, -0.25) is 0 Å². The molecule has 0 amide bonds.